The predicted molar refractivity (Wildman–Crippen MR) is 175 cm³/mol. The number of nitro benzene ring substituents is 1. The third kappa shape index (κ3) is 8.79. The highest BCUT2D eigenvalue weighted by Gasteiger charge is 2.16. The lowest BCUT2D eigenvalue weighted by Crippen LogP contribution is -2.30. The summed E-state index contributed by atoms with van der Waals surface area (Å²) in [5, 5.41) is 19.3. The molecule has 11 heteroatoms. The molecule has 0 spiro atoms. The monoisotopic (exact) mass is 609 g/mol. The first-order chi connectivity index (χ1) is 21.1. The molecule has 0 fully saturated rings. The molecule has 224 valence electrons. The van der Waals surface area contributed by atoms with Gasteiger partial charge in [-0.2, -0.15) is 0 Å². The highest BCUT2D eigenvalue weighted by Crippen LogP contribution is 2.25. The summed E-state index contributed by atoms with van der Waals surface area (Å²) >= 11 is 1.27. The number of benzene rings is 4. The maximum absolute atomic E-state index is 13.4. The lowest BCUT2D eigenvalue weighted by molar-refractivity contribution is -0.384. The van der Waals surface area contributed by atoms with E-state index in [-0.39, 0.29) is 23.0 Å². The summed E-state index contributed by atoms with van der Waals surface area (Å²) in [6.07, 6.45) is 1.61. The van der Waals surface area contributed by atoms with Gasteiger partial charge in [0.2, 0.25) is 5.91 Å². The minimum atomic E-state index is -0.514. The molecule has 0 unspecified atom stereocenters. The molecule has 3 amide bonds. The van der Waals surface area contributed by atoms with Gasteiger partial charge in [-0.25, -0.2) is 0 Å². The molecule has 4 rings (SSSR count). The second-order valence-electron chi connectivity index (χ2n) is 9.94. The van der Waals surface area contributed by atoms with Gasteiger partial charge in [-0.1, -0.05) is 36.4 Å². The van der Waals surface area contributed by atoms with Crippen LogP contribution in [0.15, 0.2) is 108 Å². The van der Waals surface area contributed by atoms with Gasteiger partial charge < -0.3 is 20.9 Å². The molecule has 0 aliphatic rings. The van der Waals surface area contributed by atoms with E-state index in [0.717, 1.165) is 16.1 Å². The van der Waals surface area contributed by atoms with E-state index in [0.29, 0.717) is 22.5 Å². The van der Waals surface area contributed by atoms with Crippen LogP contribution in [-0.2, 0) is 9.59 Å². The van der Waals surface area contributed by atoms with Crippen LogP contribution in [-0.4, -0.2) is 42.5 Å². The summed E-state index contributed by atoms with van der Waals surface area (Å²) in [5.74, 6) is -1.14. The Morgan fingerprint density at radius 2 is 1.61 bits per heavy atom. The van der Waals surface area contributed by atoms with Crippen molar-refractivity contribution < 1.29 is 19.3 Å². The van der Waals surface area contributed by atoms with Gasteiger partial charge >= 0.3 is 0 Å². The van der Waals surface area contributed by atoms with Gasteiger partial charge in [0.25, 0.3) is 17.5 Å². The first-order valence-corrected chi connectivity index (χ1v) is 14.5. The number of nitro groups is 1. The molecule has 0 atom stereocenters. The van der Waals surface area contributed by atoms with Gasteiger partial charge in [-0.15, -0.1) is 11.8 Å². The van der Waals surface area contributed by atoms with Crippen molar-refractivity contribution >= 4 is 58.3 Å². The smallest absolute Gasteiger partial charge is 0.272 e. The standard InChI is InChI=1S/C33H31N5O5S/c1-22-18-27(38(42)43)16-17-29(22)35-31(39)21-44-28-11-7-10-25(20-28)34-33(41)30(36-32(40)24-8-5-4-6-9-24)19-23-12-14-26(15-13-23)37(2)3/h4-20H,21H2,1-3H3,(H,34,41)(H,35,39)(H,36,40)/b30-19+. The molecule has 0 bridgehead atoms. The highest BCUT2D eigenvalue weighted by molar-refractivity contribution is 8.00. The maximum atomic E-state index is 13.4. The zero-order valence-corrected chi connectivity index (χ0v) is 25.2. The second-order valence-corrected chi connectivity index (χ2v) is 11.0. The van der Waals surface area contributed by atoms with Crippen LogP contribution in [0, 0.1) is 17.0 Å². The van der Waals surface area contributed by atoms with E-state index in [4.69, 9.17) is 0 Å². The van der Waals surface area contributed by atoms with Crippen molar-refractivity contribution in [3.8, 4) is 0 Å². The summed E-state index contributed by atoms with van der Waals surface area (Å²) < 4.78 is 0. The van der Waals surface area contributed by atoms with Crippen molar-refractivity contribution in [1.29, 1.82) is 0 Å². The zero-order chi connectivity index (χ0) is 31.6. The number of rotatable bonds is 11. The number of carbonyl (C=O) groups is 3. The molecule has 0 radical (unpaired) electrons. The Kier molecular flexibility index (Phi) is 10.5. The molecular weight excluding hydrogens is 578 g/mol. The Morgan fingerprint density at radius 3 is 2.27 bits per heavy atom. The zero-order valence-electron chi connectivity index (χ0n) is 24.4. The number of nitrogens with one attached hydrogen (secondary N) is 3. The van der Waals surface area contributed by atoms with Gasteiger partial charge in [0.15, 0.2) is 0 Å². The van der Waals surface area contributed by atoms with Crippen molar-refractivity contribution in [1.82, 2.24) is 5.32 Å². The maximum Gasteiger partial charge on any atom is 0.272 e. The number of anilines is 3. The number of hydrogen-bond donors (Lipinski definition) is 3. The van der Waals surface area contributed by atoms with Crippen molar-refractivity contribution in [2.45, 2.75) is 11.8 Å². The number of non-ortho nitro benzene ring substituents is 1. The van der Waals surface area contributed by atoms with Crippen molar-refractivity contribution in [2.24, 2.45) is 0 Å². The quantitative estimate of drug-likeness (QED) is 0.0809. The van der Waals surface area contributed by atoms with Gasteiger partial charge in [0.05, 0.1) is 10.7 Å². The molecule has 0 saturated carbocycles. The summed E-state index contributed by atoms with van der Waals surface area (Å²) in [7, 11) is 3.87. The van der Waals surface area contributed by atoms with Crippen LogP contribution < -0.4 is 20.9 Å². The Balaban J connectivity index is 1.45. The molecule has 0 aliphatic heterocycles. The number of thioether (sulfide) groups is 1. The van der Waals surface area contributed by atoms with E-state index in [1.807, 2.05) is 49.3 Å². The summed E-state index contributed by atoms with van der Waals surface area (Å²) in [6.45, 7) is 1.69. The van der Waals surface area contributed by atoms with Crippen LogP contribution in [0.2, 0.25) is 0 Å². The number of aryl methyl sites for hydroxylation is 1. The molecule has 0 saturated heterocycles. The largest absolute Gasteiger partial charge is 0.378 e. The fraction of sp³-hybridized carbons (Fsp3) is 0.121. The topological polar surface area (TPSA) is 134 Å². The van der Waals surface area contributed by atoms with Crippen LogP contribution in [0.5, 0.6) is 0 Å². The number of hydrogen-bond acceptors (Lipinski definition) is 7. The molecule has 0 aromatic heterocycles. The molecule has 3 N–H and O–H groups in total. The Labute approximate surface area is 259 Å². The predicted octanol–water partition coefficient (Wildman–Crippen LogP) is 6.11. The lowest BCUT2D eigenvalue weighted by atomic mass is 10.1. The molecule has 0 heterocycles. The van der Waals surface area contributed by atoms with Crippen LogP contribution in [0.1, 0.15) is 21.5 Å². The fourth-order valence-corrected chi connectivity index (χ4v) is 4.83. The third-order valence-corrected chi connectivity index (χ3v) is 7.40. The lowest BCUT2D eigenvalue weighted by Gasteiger charge is -2.14. The van der Waals surface area contributed by atoms with Gasteiger partial charge in [-0.05, 0) is 72.7 Å². The molecule has 10 nitrogen and oxygen atoms in total. The Hall–Kier alpha value is -5.42. The average Bonchev–Trinajstić information content (AvgIpc) is 3.01. The van der Waals surface area contributed by atoms with E-state index in [1.165, 1.54) is 30.0 Å². The Bertz CT molecular complexity index is 1710. The number of carbonyl (C=O) groups excluding carboxylic acids is 3. The first-order valence-electron chi connectivity index (χ1n) is 13.5. The van der Waals surface area contributed by atoms with E-state index >= 15 is 0 Å². The normalized spacial score (nSPS) is 10.9. The number of amides is 3. The van der Waals surface area contributed by atoms with Gasteiger partial charge in [-0.3, -0.25) is 24.5 Å². The summed E-state index contributed by atoms with van der Waals surface area (Å²) in [6, 6.07) is 27.4. The number of nitrogens with zero attached hydrogens (tertiary/aromatic N) is 2. The van der Waals surface area contributed by atoms with Gasteiger partial charge in [0.1, 0.15) is 5.70 Å². The van der Waals surface area contributed by atoms with Crippen molar-refractivity contribution in [3.63, 3.8) is 0 Å². The Morgan fingerprint density at radius 1 is 0.886 bits per heavy atom. The second kappa shape index (κ2) is 14.7. The fourth-order valence-electron chi connectivity index (χ4n) is 4.08. The third-order valence-electron chi connectivity index (χ3n) is 6.41. The van der Waals surface area contributed by atoms with Crippen molar-refractivity contribution in [2.75, 3.05) is 35.4 Å². The van der Waals surface area contributed by atoms with Gasteiger partial charge in [0, 0.05) is 53.7 Å². The minimum absolute atomic E-state index is 0.0476. The van der Waals surface area contributed by atoms with Crippen LogP contribution in [0.25, 0.3) is 6.08 Å². The van der Waals surface area contributed by atoms with E-state index in [1.54, 1.807) is 61.5 Å². The first kappa shape index (κ1) is 31.5. The van der Waals surface area contributed by atoms with Crippen LogP contribution in [0.4, 0.5) is 22.7 Å². The molecule has 4 aromatic carbocycles. The van der Waals surface area contributed by atoms with Crippen molar-refractivity contribution in [3.05, 3.63) is 130 Å². The summed E-state index contributed by atoms with van der Waals surface area (Å²) in [5.41, 5.74) is 3.71. The van der Waals surface area contributed by atoms with Crippen LogP contribution >= 0.6 is 11.8 Å². The highest BCUT2D eigenvalue weighted by atomic mass is 32.2. The van der Waals surface area contributed by atoms with E-state index in [9.17, 15) is 24.5 Å². The average molecular weight is 610 g/mol. The molecule has 0 aliphatic carbocycles. The SMILES string of the molecule is Cc1cc([N+](=O)[O-])ccc1NC(=O)CSc1cccc(NC(=O)/C(=C\c2ccc(N(C)C)cc2)NC(=O)c2ccccc2)c1. The summed E-state index contributed by atoms with van der Waals surface area (Å²) in [4.78, 5) is 52.1. The van der Waals surface area contributed by atoms with E-state index in [2.05, 4.69) is 16.0 Å². The van der Waals surface area contributed by atoms with E-state index < -0.39 is 16.7 Å². The minimum Gasteiger partial charge on any atom is -0.378 e. The molecular formula is C33H31N5O5S. The molecule has 4 aromatic rings. The molecule has 44 heavy (non-hydrogen) atoms. The van der Waals surface area contributed by atoms with Crippen LogP contribution in [0.3, 0.4) is 0 Å².